The number of fused-ring (bicyclic) bond motifs is 5. The van der Waals surface area contributed by atoms with Crippen molar-refractivity contribution < 1.29 is 9.53 Å². The molecule has 1 saturated heterocycles. The number of allylic oxidation sites excluding steroid dienone is 1. The number of carbonyl (C=O) groups is 1. The number of Topliss-reactive ketones (excluding diaryl/α,β-unsaturated/α-hetero) is 1. The van der Waals surface area contributed by atoms with Gasteiger partial charge in [0.1, 0.15) is 0 Å². The molecule has 11 heavy (non-hydrogen) atoms. The number of ether oxygens (including phenoxy) is 1. The highest BCUT2D eigenvalue weighted by molar-refractivity contribution is 6.02. The van der Waals surface area contributed by atoms with Crippen LogP contribution in [0.25, 0.3) is 0 Å². The van der Waals surface area contributed by atoms with Gasteiger partial charge in [0.05, 0.1) is 13.2 Å². The average molecular weight is 150 g/mol. The summed E-state index contributed by atoms with van der Waals surface area (Å²) in [6.45, 7) is 1.61. The molecule has 0 spiro atoms. The second-order valence-electron chi connectivity index (χ2n) is 3.67. The van der Waals surface area contributed by atoms with Gasteiger partial charge in [-0.2, -0.15) is 0 Å². The zero-order chi connectivity index (χ0) is 7.42. The van der Waals surface area contributed by atoms with Crippen molar-refractivity contribution in [2.75, 3.05) is 13.2 Å². The van der Waals surface area contributed by atoms with Gasteiger partial charge in [0.2, 0.25) is 0 Å². The van der Waals surface area contributed by atoms with Crippen molar-refractivity contribution in [1.29, 1.82) is 0 Å². The van der Waals surface area contributed by atoms with E-state index < -0.39 is 0 Å². The van der Waals surface area contributed by atoms with Gasteiger partial charge in [0.25, 0.3) is 0 Å². The van der Waals surface area contributed by atoms with Crippen LogP contribution in [0.2, 0.25) is 0 Å². The van der Waals surface area contributed by atoms with Crippen molar-refractivity contribution in [1.82, 2.24) is 0 Å². The van der Waals surface area contributed by atoms with E-state index in [1.807, 2.05) is 0 Å². The predicted octanol–water partition coefficient (Wildman–Crippen LogP) is 0.778. The van der Waals surface area contributed by atoms with Crippen LogP contribution in [0.15, 0.2) is 11.6 Å². The molecule has 2 fully saturated rings. The number of rotatable bonds is 0. The maximum Gasteiger partial charge on any atom is 0.162 e. The molecule has 2 heteroatoms. The molecule has 0 radical (unpaired) electrons. The minimum Gasteiger partial charge on any atom is -0.380 e. The monoisotopic (exact) mass is 150 g/mol. The predicted molar refractivity (Wildman–Crippen MR) is 39.0 cm³/mol. The molecule has 0 amide bonds. The van der Waals surface area contributed by atoms with E-state index in [1.54, 1.807) is 0 Å². The first-order valence-corrected chi connectivity index (χ1v) is 4.20. The molecule has 0 aromatic rings. The Morgan fingerprint density at radius 2 is 2.27 bits per heavy atom. The molecule has 0 N–H and O–H groups in total. The molecule has 0 aromatic heterocycles. The molecule has 2 aliphatic carbocycles. The number of hydrogen-bond acceptors (Lipinski definition) is 2. The van der Waals surface area contributed by atoms with Crippen molar-refractivity contribution in [2.24, 2.45) is 17.8 Å². The molecule has 2 bridgehead atoms. The van der Waals surface area contributed by atoms with E-state index in [0.717, 1.165) is 25.2 Å². The van der Waals surface area contributed by atoms with E-state index in [9.17, 15) is 4.79 Å². The van der Waals surface area contributed by atoms with Crippen molar-refractivity contribution >= 4 is 5.78 Å². The van der Waals surface area contributed by atoms with Crippen LogP contribution in [0.4, 0.5) is 0 Å². The summed E-state index contributed by atoms with van der Waals surface area (Å²) < 4.78 is 5.35. The number of ketones is 1. The third-order valence-corrected chi connectivity index (χ3v) is 3.25. The van der Waals surface area contributed by atoms with Gasteiger partial charge >= 0.3 is 0 Å². The Balaban J connectivity index is 2.08. The summed E-state index contributed by atoms with van der Waals surface area (Å²) >= 11 is 0. The maximum atomic E-state index is 11.5. The molecular formula is C9H10O2. The Kier molecular flexibility index (Phi) is 0.946. The lowest BCUT2D eigenvalue weighted by molar-refractivity contribution is -0.118. The highest BCUT2D eigenvalue weighted by Gasteiger charge is 2.51. The molecule has 58 valence electrons. The summed E-state index contributed by atoms with van der Waals surface area (Å²) in [5.41, 5.74) is 1.08. The maximum absolute atomic E-state index is 11.5. The van der Waals surface area contributed by atoms with Gasteiger partial charge in [-0.3, -0.25) is 4.79 Å². The lowest BCUT2D eigenvalue weighted by atomic mass is 9.86. The van der Waals surface area contributed by atoms with Gasteiger partial charge in [0, 0.05) is 17.8 Å². The van der Waals surface area contributed by atoms with Crippen molar-refractivity contribution in [3.63, 3.8) is 0 Å². The van der Waals surface area contributed by atoms with Crippen molar-refractivity contribution in [3.8, 4) is 0 Å². The van der Waals surface area contributed by atoms with Crippen LogP contribution in [0.3, 0.4) is 0 Å². The Labute approximate surface area is 65.2 Å². The second-order valence-corrected chi connectivity index (χ2v) is 3.67. The number of hydrogen-bond donors (Lipinski definition) is 0. The standard InChI is InChI=1S/C9H10O2/c10-9-5-1-2-6(9)8-4-11-3-7(5)8/h1,6-8H,2-4H2. The number of carbonyl (C=O) groups excluding carboxylic acids is 1. The van der Waals surface area contributed by atoms with Crippen LogP contribution < -0.4 is 0 Å². The van der Waals surface area contributed by atoms with Crippen LogP contribution >= 0.6 is 0 Å². The molecule has 2 nitrogen and oxygen atoms in total. The summed E-state index contributed by atoms with van der Waals surface area (Å²) in [5, 5.41) is 0. The van der Waals surface area contributed by atoms with E-state index in [1.165, 1.54) is 0 Å². The molecular weight excluding hydrogens is 140 g/mol. The topological polar surface area (TPSA) is 26.3 Å². The average Bonchev–Trinajstić information content (AvgIpc) is 2.61. The minimum absolute atomic E-state index is 0.303. The van der Waals surface area contributed by atoms with Gasteiger partial charge in [-0.25, -0.2) is 0 Å². The highest BCUT2D eigenvalue weighted by Crippen LogP contribution is 2.48. The normalized spacial score (nSPS) is 46.4. The summed E-state index contributed by atoms with van der Waals surface area (Å²) in [6.07, 6.45) is 3.10. The zero-order valence-electron chi connectivity index (χ0n) is 6.25. The molecule has 3 atom stereocenters. The SMILES string of the molecule is O=C1C2=CCC1C1COCC21. The largest absolute Gasteiger partial charge is 0.380 e. The summed E-state index contributed by atoms with van der Waals surface area (Å²) in [5.74, 6) is 1.74. The summed E-state index contributed by atoms with van der Waals surface area (Å²) in [4.78, 5) is 11.5. The van der Waals surface area contributed by atoms with Crippen LogP contribution in [-0.4, -0.2) is 19.0 Å². The van der Waals surface area contributed by atoms with E-state index in [-0.39, 0.29) is 0 Å². The quantitative estimate of drug-likeness (QED) is 0.510. The van der Waals surface area contributed by atoms with E-state index in [0.29, 0.717) is 23.5 Å². The smallest absolute Gasteiger partial charge is 0.162 e. The first-order valence-electron chi connectivity index (χ1n) is 4.20. The Morgan fingerprint density at radius 3 is 3.09 bits per heavy atom. The molecule has 3 rings (SSSR count). The highest BCUT2D eigenvalue weighted by atomic mass is 16.5. The van der Waals surface area contributed by atoms with Gasteiger partial charge in [-0.15, -0.1) is 0 Å². The fourth-order valence-electron chi connectivity index (χ4n) is 2.67. The van der Waals surface area contributed by atoms with Gasteiger partial charge in [0.15, 0.2) is 5.78 Å². The fourth-order valence-corrected chi connectivity index (χ4v) is 2.67. The van der Waals surface area contributed by atoms with E-state index in [4.69, 9.17) is 4.74 Å². The van der Waals surface area contributed by atoms with Crippen LogP contribution in [0, 0.1) is 17.8 Å². The molecule has 0 aromatic carbocycles. The summed E-state index contributed by atoms with van der Waals surface area (Å²) in [6, 6.07) is 0. The van der Waals surface area contributed by atoms with E-state index in [2.05, 4.69) is 6.08 Å². The third kappa shape index (κ3) is 0.552. The molecule has 3 aliphatic rings. The molecule has 1 heterocycles. The first kappa shape index (κ1) is 5.95. The van der Waals surface area contributed by atoms with E-state index >= 15 is 0 Å². The lowest BCUT2D eigenvalue weighted by Gasteiger charge is -2.14. The molecule has 1 aliphatic heterocycles. The third-order valence-electron chi connectivity index (χ3n) is 3.25. The zero-order valence-corrected chi connectivity index (χ0v) is 6.25. The van der Waals surface area contributed by atoms with Gasteiger partial charge in [-0.05, 0) is 12.0 Å². The Bertz CT molecular complexity index is 254. The first-order chi connectivity index (χ1) is 5.38. The van der Waals surface area contributed by atoms with Gasteiger partial charge in [-0.1, -0.05) is 6.08 Å². The van der Waals surface area contributed by atoms with Gasteiger partial charge < -0.3 is 4.74 Å². The van der Waals surface area contributed by atoms with Crippen LogP contribution in [0.5, 0.6) is 0 Å². The van der Waals surface area contributed by atoms with Crippen LogP contribution in [0.1, 0.15) is 6.42 Å². The van der Waals surface area contributed by atoms with Crippen LogP contribution in [-0.2, 0) is 9.53 Å². The minimum atomic E-state index is 0.303. The lowest BCUT2D eigenvalue weighted by Crippen LogP contribution is -2.16. The van der Waals surface area contributed by atoms with Crippen molar-refractivity contribution in [2.45, 2.75) is 6.42 Å². The Morgan fingerprint density at radius 1 is 1.36 bits per heavy atom. The fraction of sp³-hybridized carbons (Fsp3) is 0.667. The molecule has 1 saturated carbocycles. The molecule has 3 unspecified atom stereocenters. The van der Waals surface area contributed by atoms with Crippen molar-refractivity contribution in [3.05, 3.63) is 11.6 Å². The summed E-state index contributed by atoms with van der Waals surface area (Å²) in [7, 11) is 0. The Hall–Kier alpha value is -0.630. The second kappa shape index (κ2) is 1.75.